The molecule has 0 saturated carbocycles. The van der Waals surface area contributed by atoms with E-state index in [9.17, 15) is 14.4 Å². The van der Waals surface area contributed by atoms with E-state index in [2.05, 4.69) is 5.10 Å². The van der Waals surface area contributed by atoms with Crippen LogP contribution < -0.4 is 5.56 Å². The molecule has 0 N–H and O–H groups in total. The minimum Gasteiger partial charge on any atom is -0.451 e. The second-order valence-electron chi connectivity index (χ2n) is 6.14. The zero-order valence-corrected chi connectivity index (χ0v) is 15.5. The average Bonchev–Trinajstić information content (AvgIpc) is 3.13. The Kier molecular flexibility index (Phi) is 5.82. The molecule has 8 heteroatoms. The molecule has 0 atom stereocenters. The molecule has 3 heterocycles. The number of hydrogen-bond donors (Lipinski definition) is 0. The van der Waals surface area contributed by atoms with Gasteiger partial charge in [-0.25, -0.2) is 9.48 Å². The standard InChI is InChI=1S/C18H21N3O4S/c1-2-3-8-21-16(22)5-4-14(19-21)18(24)25-12-17(23)20-9-6-15-13(11-20)7-10-26-15/h4-5,7,10H,2-3,6,8-9,11-12H2,1H3. The van der Waals surface area contributed by atoms with Gasteiger partial charge in [-0.05, 0) is 35.9 Å². The molecular weight excluding hydrogens is 354 g/mol. The van der Waals surface area contributed by atoms with E-state index < -0.39 is 5.97 Å². The van der Waals surface area contributed by atoms with Gasteiger partial charge in [0.25, 0.3) is 11.5 Å². The van der Waals surface area contributed by atoms with E-state index in [1.165, 1.54) is 21.7 Å². The van der Waals surface area contributed by atoms with E-state index in [0.717, 1.165) is 24.8 Å². The molecule has 0 fully saturated rings. The van der Waals surface area contributed by atoms with E-state index >= 15 is 0 Å². The van der Waals surface area contributed by atoms with E-state index in [4.69, 9.17) is 4.74 Å². The van der Waals surface area contributed by atoms with Crippen LogP contribution in [0.4, 0.5) is 0 Å². The quantitative estimate of drug-likeness (QED) is 0.720. The molecule has 2 aromatic heterocycles. The van der Waals surface area contributed by atoms with Crippen LogP contribution in [0, 0.1) is 0 Å². The van der Waals surface area contributed by atoms with Crippen molar-refractivity contribution in [3.8, 4) is 0 Å². The molecule has 1 amide bonds. The van der Waals surface area contributed by atoms with Crippen LogP contribution in [-0.2, 0) is 29.0 Å². The van der Waals surface area contributed by atoms with Gasteiger partial charge >= 0.3 is 5.97 Å². The van der Waals surface area contributed by atoms with Crippen LogP contribution >= 0.6 is 11.3 Å². The molecule has 7 nitrogen and oxygen atoms in total. The number of fused-ring (bicyclic) bond motifs is 1. The highest BCUT2D eigenvalue weighted by Gasteiger charge is 2.23. The predicted molar refractivity (Wildman–Crippen MR) is 97.1 cm³/mol. The molecule has 0 spiro atoms. The van der Waals surface area contributed by atoms with Gasteiger partial charge in [0.15, 0.2) is 12.3 Å². The molecule has 0 aromatic carbocycles. The minimum atomic E-state index is -0.697. The maximum atomic E-state index is 12.3. The summed E-state index contributed by atoms with van der Waals surface area (Å²) < 4.78 is 6.36. The molecule has 3 rings (SSSR count). The minimum absolute atomic E-state index is 0.0345. The molecule has 2 aromatic rings. The molecule has 138 valence electrons. The summed E-state index contributed by atoms with van der Waals surface area (Å²) in [6.45, 7) is 3.31. The molecule has 0 radical (unpaired) electrons. The van der Waals surface area contributed by atoms with Crippen molar-refractivity contribution in [1.29, 1.82) is 0 Å². The van der Waals surface area contributed by atoms with E-state index in [-0.39, 0.29) is 23.8 Å². The van der Waals surface area contributed by atoms with Crippen LogP contribution in [0.15, 0.2) is 28.4 Å². The van der Waals surface area contributed by atoms with E-state index in [1.807, 2.05) is 18.4 Å². The Balaban J connectivity index is 1.57. The number of rotatable bonds is 6. The van der Waals surface area contributed by atoms with Crippen LogP contribution in [-0.4, -0.2) is 39.7 Å². The van der Waals surface area contributed by atoms with Gasteiger partial charge in [-0.1, -0.05) is 13.3 Å². The summed E-state index contributed by atoms with van der Waals surface area (Å²) in [6.07, 6.45) is 2.54. The SMILES string of the molecule is CCCCn1nc(C(=O)OCC(=O)N2CCc3sccc3C2)ccc1=O. The van der Waals surface area contributed by atoms with Crippen molar-refractivity contribution < 1.29 is 14.3 Å². The number of esters is 1. The summed E-state index contributed by atoms with van der Waals surface area (Å²) >= 11 is 1.70. The summed E-state index contributed by atoms with van der Waals surface area (Å²) in [4.78, 5) is 39.2. The summed E-state index contributed by atoms with van der Waals surface area (Å²) in [5.41, 5.74) is 0.934. The Labute approximate surface area is 155 Å². The van der Waals surface area contributed by atoms with E-state index in [1.54, 1.807) is 16.2 Å². The van der Waals surface area contributed by atoms with Crippen LogP contribution in [0.3, 0.4) is 0 Å². The van der Waals surface area contributed by atoms with Crippen LogP contribution in [0.1, 0.15) is 40.7 Å². The number of unbranched alkanes of at least 4 members (excludes halogenated alkanes) is 1. The fraction of sp³-hybridized carbons (Fsp3) is 0.444. The molecule has 26 heavy (non-hydrogen) atoms. The van der Waals surface area contributed by atoms with Gasteiger partial charge < -0.3 is 9.64 Å². The monoisotopic (exact) mass is 375 g/mol. The zero-order chi connectivity index (χ0) is 18.5. The molecule has 1 aliphatic heterocycles. The number of thiophene rings is 1. The van der Waals surface area contributed by atoms with Gasteiger partial charge in [-0.15, -0.1) is 11.3 Å². The summed E-state index contributed by atoms with van der Waals surface area (Å²) in [5.74, 6) is -0.925. The molecule has 1 aliphatic rings. The van der Waals surface area contributed by atoms with E-state index in [0.29, 0.717) is 19.6 Å². The largest absolute Gasteiger partial charge is 0.451 e. The summed E-state index contributed by atoms with van der Waals surface area (Å²) in [7, 11) is 0. The second kappa shape index (κ2) is 8.27. The predicted octanol–water partition coefficient (Wildman–Crippen LogP) is 1.85. The Morgan fingerprint density at radius 1 is 1.31 bits per heavy atom. The first-order valence-electron chi connectivity index (χ1n) is 8.66. The van der Waals surface area contributed by atoms with Crippen molar-refractivity contribution in [3.63, 3.8) is 0 Å². The van der Waals surface area contributed by atoms with Crippen LogP contribution in [0.2, 0.25) is 0 Å². The first kappa shape index (κ1) is 18.3. The van der Waals surface area contributed by atoms with Gasteiger partial charge in [0.1, 0.15) is 0 Å². The third-order valence-electron chi connectivity index (χ3n) is 4.29. The Hall–Kier alpha value is -2.48. The Morgan fingerprint density at radius 3 is 2.96 bits per heavy atom. The lowest BCUT2D eigenvalue weighted by molar-refractivity contribution is -0.135. The van der Waals surface area contributed by atoms with Gasteiger partial charge in [0, 0.05) is 30.6 Å². The first-order valence-corrected chi connectivity index (χ1v) is 9.54. The third kappa shape index (κ3) is 4.19. The van der Waals surface area contributed by atoms with Gasteiger partial charge in [-0.2, -0.15) is 5.10 Å². The van der Waals surface area contributed by atoms with Crippen LogP contribution in [0.5, 0.6) is 0 Å². The van der Waals surface area contributed by atoms with Gasteiger partial charge in [0.05, 0.1) is 0 Å². The number of nitrogens with zero attached hydrogens (tertiary/aromatic N) is 3. The Morgan fingerprint density at radius 2 is 2.15 bits per heavy atom. The fourth-order valence-corrected chi connectivity index (χ4v) is 3.67. The number of ether oxygens (including phenoxy) is 1. The summed E-state index contributed by atoms with van der Waals surface area (Å²) in [5, 5.41) is 6.05. The second-order valence-corrected chi connectivity index (χ2v) is 7.14. The lowest BCUT2D eigenvalue weighted by Gasteiger charge is -2.26. The third-order valence-corrected chi connectivity index (χ3v) is 5.31. The number of carbonyl (C=O) groups is 2. The highest BCUT2D eigenvalue weighted by molar-refractivity contribution is 7.10. The van der Waals surface area contributed by atoms with Gasteiger partial charge in [0.2, 0.25) is 0 Å². The van der Waals surface area contributed by atoms with Crippen molar-refractivity contribution in [2.75, 3.05) is 13.2 Å². The molecule has 0 aliphatic carbocycles. The number of carbonyl (C=O) groups excluding carboxylic acids is 2. The lowest BCUT2D eigenvalue weighted by Crippen LogP contribution is -2.38. The zero-order valence-electron chi connectivity index (χ0n) is 14.6. The molecule has 0 saturated heterocycles. The smallest absolute Gasteiger partial charge is 0.359 e. The maximum Gasteiger partial charge on any atom is 0.359 e. The van der Waals surface area contributed by atoms with Crippen LogP contribution in [0.25, 0.3) is 0 Å². The Bertz CT molecular complexity index is 858. The maximum absolute atomic E-state index is 12.3. The average molecular weight is 375 g/mol. The molecule has 0 bridgehead atoms. The summed E-state index contributed by atoms with van der Waals surface area (Å²) in [6, 6.07) is 4.65. The molecular formula is C18H21N3O4S. The normalized spacial score (nSPS) is 13.3. The van der Waals surface area contributed by atoms with Crippen molar-refractivity contribution in [2.24, 2.45) is 0 Å². The fourth-order valence-electron chi connectivity index (χ4n) is 2.78. The highest BCUT2D eigenvalue weighted by Crippen LogP contribution is 2.23. The van der Waals surface area contributed by atoms with Crippen molar-refractivity contribution in [3.05, 3.63) is 50.1 Å². The van der Waals surface area contributed by atoms with Crippen molar-refractivity contribution >= 4 is 23.2 Å². The lowest BCUT2D eigenvalue weighted by atomic mass is 10.1. The van der Waals surface area contributed by atoms with Crippen molar-refractivity contribution in [2.45, 2.75) is 39.3 Å². The van der Waals surface area contributed by atoms with Gasteiger partial charge in [-0.3, -0.25) is 9.59 Å². The number of aryl methyl sites for hydroxylation is 1. The number of amides is 1. The first-order chi connectivity index (χ1) is 12.6. The number of aromatic nitrogens is 2. The van der Waals surface area contributed by atoms with Crippen molar-refractivity contribution in [1.82, 2.24) is 14.7 Å². The molecule has 0 unspecified atom stereocenters. The number of hydrogen-bond acceptors (Lipinski definition) is 6. The highest BCUT2D eigenvalue weighted by atomic mass is 32.1. The topological polar surface area (TPSA) is 81.5 Å².